The first kappa shape index (κ1) is 16.1. The molecule has 1 heterocycles. The van der Waals surface area contributed by atoms with Crippen LogP contribution in [0.1, 0.15) is 56.6 Å². The van der Waals surface area contributed by atoms with E-state index >= 15 is 0 Å². The number of carbonyl (C=O) groups excluding carboxylic acids is 1. The predicted molar refractivity (Wildman–Crippen MR) is 88.7 cm³/mol. The highest BCUT2D eigenvalue weighted by Gasteiger charge is 2.25. The highest BCUT2D eigenvalue weighted by atomic mass is 32.1. The van der Waals surface area contributed by atoms with Crippen LogP contribution in [-0.2, 0) is 0 Å². The molecule has 5 nitrogen and oxygen atoms in total. The van der Waals surface area contributed by atoms with Gasteiger partial charge in [0.25, 0.3) is 5.91 Å². The van der Waals surface area contributed by atoms with Gasteiger partial charge in [-0.1, -0.05) is 31.1 Å². The number of nitrogens with one attached hydrogen (secondary N) is 2. The summed E-state index contributed by atoms with van der Waals surface area (Å²) in [7, 11) is 0. The zero-order chi connectivity index (χ0) is 15.6. The molecule has 2 rings (SSSR count). The van der Waals surface area contributed by atoms with Crippen molar-refractivity contribution in [1.82, 2.24) is 10.3 Å². The highest BCUT2D eigenvalue weighted by molar-refractivity contribution is 7.18. The van der Waals surface area contributed by atoms with Gasteiger partial charge in [-0.15, -0.1) is 0 Å². The van der Waals surface area contributed by atoms with Crippen molar-refractivity contribution in [1.29, 1.82) is 0 Å². The van der Waals surface area contributed by atoms with Crippen LogP contribution in [0.25, 0.3) is 0 Å². The SMILES string of the molecule is CC1CCCC1CNC(=O)c1sc(NC(C)(C)C)nc1N. The summed E-state index contributed by atoms with van der Waals surface area (Å²) in [6, 6.07) is 0. The number of rotatable bonds is 4. The van der Waals surface area contributed by atoms with E-state index in [9.17, 15) is 4.79 Å². The number of carbonyl (C=O) groups is 1. The normalized spacial score (nSPS) is 22.3. The van der Waals surface area contributed by atoms with E-state index in [0.717, 1.165) is 6.54 Å². The van der Waals surface area contributed by atoms with Gasteiger partial charge in [-0.25, -0.2) is 4.98 Å². The van der Waals surface area contributed by atoms with E-state index in [1.807, 2.05) is 20.8 Å². The standard InChI is InChI=1S/C15H26N4OS/c1-9-6-5-7-10(9)8-17-13(20)11-12(16)18-14(21-11)19-15(2,3)4/h9-10H,5-8,16H2,1-4H3,(H,17,20)(H,18,19). The Hall–Kier alpha value is -1.30. The van der Waals surface area contributed by atoms with Crippen LogP contribution in [0.3, 0.4) is 0 Å². The summed E-state index contributed by atoms with van der Waals surface area (Å²) in [4.78, 5) is 17.0. The smallest absolute Gasteiger partial charge is 0.265 e. The molecule has 1 aliphatic carbocycles. The minimum Gasteiger partial charge on any atom is -0.382 e. The summed E-state index contributed by atoms with van der Waals surface area (Å²) >= 11 is 1.32. The third-order valence-electron chi connectivity index (χ3n) is 3.91. The van der Waals surface area contributed by atoms with Crippen molar-refractivity contribution in [2.24, 2.45) is 11.8 Å². The van der Waals surface area contributed by atoms with E-state index in [0.29, 0.717) is 27.7 Å². The Morgan fingerprint density at radius 3 is 2.71 bits per heavy atom. The van der Waals surface area contributed by atoms with Crippen molar-refractivity contribution in [3.63, 3.8) is 0 Å². The Bertz CT molecular complexity index is 506. The van der Waals surface area contributed by atoms with Crippen molar-refractivity contribution in [2.45, 2.75) is 52.5 Å². The quantitative estimate of drug-likeness (QED) is 0.798. The number of hydrogen-bond donors (Lipinski definition) is 3. The van der Waals surface area contributed by atoms with E-state index in [1.54, 1.807) is 0 Å². The lowest BCUT2D eigenvalue weighted by atomic mass is 9.98. The topological polar surface area (TPSA) is 80.0 Å². The number of nitrogens with zero attached hydrogens (tertiary/aromatic N) is 1. The highest BCUT2D eigenvalue weighted by Crippen LogP contribution is 2.31. The third-order valence-corrected chi connectivity index (χ3v) is 4.89. The second kappa shape index (κ2) is 6.22. The molecule has 1 saturated carbocycles. The molecule has 1 aromatic heterocycles. The van der Waals surface area contributed by atoms with E-state index in [4.69, 9.17) is 5.73 Å². The van der Waals surface area contributed by atoms with Crippen LogP contribution in [0.4, 0.5) is 10.9 Å². The Labute approximate surface area is 130 Å². The summed E-state index contributed by atoms with van der Waals surface area (Å²) < 4.78 is 0. The molecule has 0 spiro atoms. The van der Waals surface area contributed by atoms with Crippen LogP contribution in [0, 0.1) is 11.8 Å². The molecule has 0 saturated heterocycles. The summed E-state index contributed by atoms with van der Waals surface area (Å²) in [6.45, 7) is 9.14. The molecular formula is C15H26N4OS. The molecule has 0 radical (unpaired) electrons. The van der Waals surface area contributed by atoms with Crippen molar-refractivity contribution in [2.75, 3.05) is 17.6 Å². The van der Waals surface area contributed by atoms with Crippen LogP contribution in [0.15, 0.2) is 0 Å². The first-order valence-corrected chi connectivity index (χ1v) is 8.40. The van der Waals surface area contributed by atoms with E-state index in [2.05, 4.69) is 22.5 Å². The zero-order valence-corrected chi connectivity index (χ0v) is 14.1. The molecule has 2 unspecified atom stereocenters. The summed E-state index contributed by atoms with van der Waals surface area (Å²) in [5, 5.41) is 6.95. The first-order valence-electron chi connectivity index (χ1n) is 7.59. The van der Waals surface area contributed by atoms with Crippen LogP contribution in [0.2, 0.25) is 0 Å². The van der Waals surface area contributed by atoms with Gasteiger partial charge in [0.15, 0.2) is 5.13 Å². The molecule has 6 heteroatoms. The van der Waals surface area contributed by atoms with Crippen LogP contribution in [0.5, 0.6) is 0 Å². The maximum Gasteiger partial charge on any atom is 0.265 e. The van der Waals surface area contributed by atoms with Gasteiger partial charge >= 0.3 is 0 Å². The number of thiazole rings is 1. The zero-order valence-electron chi connectivity index (χ0n) is 13.3. The fourth-order valence-electron chi connectivity index (χ4n) is 2.70. The average molecular weight is 310 g/mol. The Balaban J connectivity index is 1.96. The van der Waals surface area contributed by atoms with Gasteiger partial charge in [-0.2, -0.15) is 0 Å². The molecule has 118 valence electrons. The molecule has 2 atom stereocenters. The molecule has 0 bridgehead atoms. The van der Waals surface area contributed by atoms with Gasteiger partial charge in [0.2, 0.25) is 0 Å². The second-order valence-electron chi connectivity index (χ2n) is 6.99. The first-order chi connectivity index (χ1) is 9.76. The van der Waals surface area contributed by atoms with Crippen molar-refractivity contribution >= 4 is 28.2 Å². The van der Waals surface area contributed by atoms with Gasteiger partial charge in [-0.05, 0) is 39.0 Å². The lowest BCUT2D eigenvalue weighted by Gasteiger charge is -2.19. The van der Waals surface area contributed by atoms with Crippen LogP contribution in [-0.4, -0.2) is 23.0 Å². The maximum atomic E-state index is 12.3. The second-order valence-corrected chi connectivity index (χ2v) is 7.99. The van der Waals surface area contributed by atoms with Gasteiger partial charge in [0.1, 0.15) is 10.7 Å². The fourth-order valence-corrected chi connectivity index (χ4v) is 3.71. The number of hydrogen-bond acceptors (Lipinski definition) is 5. The molecular weight excluding hydrogens is 284 g/mol. The van der Waals surface area contributed by atoms with E-state index in [1.165, 1.54) is 30.6 Å². The molecule has 21 heavy (non-hydrogen) atoms. The molecule has 0 aromatic carbocycles. The van der Waals surface area contributed by atoms with E-state index < -0.39 is 0 Å². The Morgan fingerprint density at radius 1 is 1.43 bits per heavy atom. The Kier molecular flexibility index (Phi) is 4.76. The number of aromatic nitrogens is 1. The largest absolute Gasteiger partial charge is 0.382 e. The predicted octanol–water partition coefficient (Wildman–Crippen LogP) is 3.10. The maximum absolute atomic E-state index is 12.3. The van der Waals surface area contributed by atoms with Crippen molar-refractivity contribution < 1.29 is 4.79 Å². The number of nitrogens with two attached hydrogens (primary N) is 1. The Morgan fingerprint density at radius 2 is 2.14 bits per heavy atom. The monoisotopic (exact) mass is 310 g/mol. The summed E-state index contributed by atoms with van der Waals surface area (Å²) in [5.41, 5.74) is 5.77. The fraction of sp³-hybridized carbons (Fsp3) is 0.733. The lowest BCUT2D eigenvalue weighted by Crippen LogP contribution is -2.30. The van der Waals surface area contributed by atoms with Crippen LogP contribution >= 0.6 is 11.3 Å². The number of amides is 1. The number of anilines is 2. The molecule has 0 aliphatic heterocycles. The van der Waals surface area contributed by atoms with Gasteiger partial charge in [0, 0.05) is 12.1 Å². The van der Waals surface area contributed by atoms with Crippen molar-refractivity contribution in [3.8, 4) is 0 Å². The lowest BCUT2D eigenvalue weighted by molar-refractivity contribution is 0.0949. The van der Waals surface area contributed by atoms with Gasteiger partial charge in [-0.3, -0.25) is 4.79 Å². The minimum absolute atomic E-state index is 0.0999. The van der Waals surface area contributed by atoms with Gasteiger partial charge in [0.05, 0.1) is 0 Å². The molecule has 1 aromatic rings. The number of nitrogen functional groups attached to an aromatic ring is 1. The average Bonchev–Trinajstić information content (AvgIpc) is 2.91. The summed E-state index contributed by atoms with van der Waals surface area (Å²) in [6.07, 6.45) is 3.74. The molecule has 4 N–H and O–H groups in total. The van der Waals surface area contributed by atoms with Gasteiger partial charge < -0.3 is 16.4 Å². The molecule has 1 fully saturated rings. The van der Waals surface area contributed by atoms with Crippen molar-refractivity contribution in [3.05, 3.63) is 4.88 Å². The minimum atomic E-state index is -0.106. The molecule has 1 aliphatic rings. The third kappa shape index (κ3) is 4.33. The van der Waals surface area contributed by atoms with E-state index in [-0.39, 0.29) is 11.4 Å². The summed E-state index contributed by atoms with van der Waals surface area (Å²) in [5.74, 6) is 1.49. The van der Waals surface area contributed by atoms with Crippen LogP contribution < -0.4 is 16.4 Å². The molecule has 1 amide bonds.